The van der Waals surface area contributed by atoms with E-state index in [1.54, 1.807) is 26.8 Å². The van der Waals surface area contributed by atoms with Crippen LogP contribution in [0, 0.1) is 13.8 Å². The molecule has 2 rings (SSSR count). The fraction of sp³-hybridized carbons (Fsp3) is 0.412. The van der Waals surface area contributed by atoms with E-state index in [0.717, 1.165) is 17.1 Å². The smallest absolute Gasteiger partial charge is 0.350 e. The largest absolute Gasteiger partial charge is 0.416 e. The van der Waals surface area contributed by atoms with Crippen LogP contribution in [0.3, 0.4) is 0 Å². The van der Waals surface area contributed by atoms with Gasteiger partial charge < -0.3 is 5.32 Å². The SMILES string of the molecule is Cc1nc(C)c(C(=O)NCC(C)(C)c2cccc(C(F)(F)F)c2)s1. The van der Waals surface area contributed by atoms with Gasteiger partial charge in [-0.1, -0.05) is 32.0 Å². The molecule has 0 saturated heterocycles. The van der Waals surface area contributed by atoms with Crippen LogP contribution in [0.15, 0.2) is 24.3 Å². The van der Waals surface area contributed by atoms with Crippen LogP contribution in [-0.4, -0.2) is 17.4 Å². The van der Waals surface area contributed by atoms with Crippen molar-refractivity contribution in [1.29, 1.82) is 0 Å². The zero-order valence-corrected chi connectivity index (χ0v) is 14.7. The van der Waals surface area contributed by atoms with Crippen LogP contribution in [-0.2, 0) is 11.6 Å². The molecule has 1 aromatic carbocycles. The van der Waals surface area contributed by atoms with Gasteiger partial charge in [0.25, 0.3) is 5.91 Å². The van der Waals surface area contributed by atoms with Gasteiger partial charge in [-0.2, -0.15) is 13.2 Å². The van der Waals surface area contributed by atoms with Crippen molar-refractivity contribution in [2.75, 3.05) is 6.54 Å². The van der Waals surface area contributed by atoms with Gasteiger partial charge in [-0.3, -0.25) is 4.79 Å². The van der Waals surface area contributed by atoms with Gasteiger partial charge in [0, 0.05) is 12.0 Å². The summed E-state index contributed by atoms with van der Waals surface area (Å²) >= 11 is 1.30. The second-order valence-electron chi connectivity index (χ2n) is 6.29. The van der Waals surface area contributed by atoms with E-state index < -0.39 is 17.2 Å². The number of aryl methyl sites for hydroxylation is 2. The number of carbonyl (C=O) groups is 1. The van der Waals surface area contributed by atoms with Crippen molar-refractivity contribution in [2.24, 2.45) is 0 Å². The molecule has 0 unspecified atom stereocenters. The summed E-state index contributed by atoms with van der Waals surface area (Å²) in [5, 5.41) is 3.60. The first kappa shape index (κ1) is 18.4. The first-order chi connectivity index (χ1) is 11.0. The van der Waals surface area contributed by atoms with Crippen LogP contribution < -0.4 is 5.32 Å². The molecule has 24 heavy (non-hydrogen) atoms. The van der Waals surface area contributed by atoms with Crippen LogP contribution >= 0.6 is 11.3 Å². The number of nitrogens with one attached hydrogen (secondary N) is 1. The van der Waals surface area contributed by atoms with Crippen LogP contribution in [0.25, 0.3) is 0 Å². The Kier molecular flexibility index (Phi) is 5.03. The molecule has 3 nitrogen and oxygen atoms in total. The monoisotopic (exact) mass is 356 g/mol. The van der Waals surface area contributed by atoms with Gasteiger partial charge in [0.2, 0.25) is 0 Å². The van der Waals surface area contributed by atoms with Gasteiger partial charge >= 0.3 is 6.18 Å². The van der Waals surface area contributed by atoms with Gasteiger partial charge in [-0.05, 0) is 25.5 Å². The van der Waals surface area contributed by atoms with Crippen molar-refractivity contribution in [2.45, 2.75) is 39.3 Å². The number of thiazole rings is 1. The summed E-state index contributed by atoms with van der Waals surface area (Å²) in [6.07, 6.45) is -4.38. The lowest BCUT2D eigenvalue weighted by Gasteiger charge is -2.26. The zero-order valence-electron chi connectivity index (χ0n) is 13.9. The van der Waals surface area contributed by atoms with E-state index in [0.29, 0.717) is 16.1 Å². The summed E-state index contributed by atoms with van der Waals surface area (Å²) < 4.78 is 38.6. The maximum absolute atomic E-state index is 12.9. The van der Waals surface area contributed by atoms with Crippen molar-refractivity contribution in [1.82, 2.24) is 10.3 Å². The average molecular weight is 356 g/mol. The molecule has 2 aromatic rings. The molecule has 0 aliphatic carbocycles. The predicted octanol–water partition coefficient (Wildman–Crippen LogP) is 4.49. The third kappa shape index (κ3) is 4.14. The van der Waals surface area contributed by atoms with Crippen molar-refractivity contribution < 1.29 is 18.0 Å². The number of amides is 1. The number of halogens is 3. The Morgan fingerprint density at radius 2 is 1.83 bits per heavy atom. The topological polar surface area (TPSA) is 42.0 Å². The fourth-order valence-corrected chi connectivity index (χ4v) is 3.18. The van der Waals surface area contributed by atoms with E-state index in [9.17, 15) is 18.0 Å². The van der Waals surface area contributed by atoms with Crippen molar-refractivity contribution >= 4 is 17.2 Å². The molecule has 0 aliphatic heterocycles. The molecule has 0 atom stereocenters. The average Bonchev–Trinajstić information content (AvgIpc) is 2.83. The van der Waals surface area contributed by atoms with E-state index in [4.69, 9.17) is 0 Å². The van der Waals surface area contributed by atoms with Gasteiger partial charge in [0.1, 0.15) is 4.88 Å². The molecule has 0 bridgehead atoms. The highest BCUT2D eigenvalue weighted by Gasteiger charge is 2.32. The fourth-order valence-electron chi connectivity index (χ4n) is 2.34. The summed E-state index contributed by atoms with van der Waals surface area (Å²) in [4.78, 5) is 17.0. The third-order valence-corrected chi connectivity index (χ3v) is 4.84. The molecule has 0 radical (unpaired) electrons. The second kappa shape index (κ2) is 6.55. The van der Waals surface area contributed by atoms with Crippen molar-refractivity contribution in [3.05, 3.63) is 51.0 Å². The van der Waals surface area contributed by atoms with Gasteiger partial charge in [0.15, 0.2) is 0 Å². The molecule has 7 heteroatoms. The summed E-state index contributed by atoms with van der Waals surface area (Å²) in [6.45, 7) is 7.40. The molecule has 1 aromatic heterocycles. The molecule has 1 heterocycles. The molecule has 130 valence electrons. The lowest BCUT2D eigenvalue weighted by molar-refractivity contribution is -0.137. The number of nitrogens with zero attached hydrogens (tertiary/aromatic N) is 1. The Morgan fingerprint density at radius 3 is 2.38 bits per heavy atom. The minimum absolute atomic E-state index is 0.226. The molecule has 1 amide bonds. The normalized spacial score (nSPS) is 12.3. The van der Waals surface area contributed by atoms with Gasteiger partial charge in [-0.15, -0.1) is 11.3 Å². The van der Waals surface area contributed by atoms with Crippen LogP contribution in [0.5, 0.6) is 0 Å². The number of alkyl halides is 3. The number of aromatic nitrogens is 1. The Hall–Kier alpha value is -1.89. The molecule has 0 saturated carbocycles. The minimum Gasteiger partial charge on any atom is -0.350 e. The lowest BCUT2D eigenvalue weighted by Crippen LogP contribution is -2.36. The highest BCUT2D eigenvalue weighted by molar-refractivity contribution is 7.13. The van der Waals surface area contributed by atoms with Crippen LogP contribution in [0.1, 0.15) is 45.3 Å². The first-order valence-electron chi connectivity index (χ1n) is 7.41. The molecular weight excluding hydrogens is 337 g/mol. The molecule has 0 spiro atoms. The highest BCUT2D eigenvalue weighted by atomic mass is 32.1. The quantitative estimate of drug-likeness (QED) is 0.877. The lowest BCUT2D eigenvalue weighted by atomic mass is 9.83. The van der Waals surface area contributed by atoms with Gasteiger partial charge in [-0.25, -0.2) is 4.98 Å². The molecular formula is C17H19F3N2OS. The summed E-state index contributed by atoms with van der Waals surface area (Å²) in [6, 6.07) is 5.21. The number of rotatable bonds is 4. The number of benzene rings is 1. The van der Waals surface area contributed by atoms with E-state index in [2.05, 4.69) is 10.3 Å². The molecule has 0 fully saturated rings. The maximum atomic E-state index is 12.9. The van der Waals surface area contributed by atoms with E-state index >= 15 is 0 Å². The Balaban J connectivity index is 2.14. The van der Waals surface area contributed by atoms with E-state index in [1.807, 2.05) is 6.92 Å². The molecule has 1 N–H and O–H groups in total. The number of hydrogen-bond donors (Lipinski definition) is 1. The standard InChI is InChI=1S/C17H19F3N2OS/c1-10-14(24-11(2)22-10)15(23)21-9-16(3,4)12-6-5-7-13(8-12)17(18,19)20/h5-8H,9H2,1-4H3,(H,21,23). The maximum Gasteiger partial charge on any atom is 0.416 e. The van der Waals surface area contributed by atoms with Crippen LogP contribution in [0.2, 0.25) is 0 Å². The van der Waals surface area contributed by atoms with Gasteiger partial charge in [0.05, 0.1) is 16.3 Å². The Labute approximate surface area is 142 Å². The highest BCUT2D eigenvalue weighted by Crippen LogP contribution is 2.32. The van der Waals surface area contributed by atoms with E-state index in [-0.39, 0.29) is 12.5 Å². The minimum atomic E-state index is -4.38. The number of carbonyl (C=O) groups excluding carboxylic acids is 1. The first-order valence-corrected chi connectivity index (χ1v) is 8.22. The summed E-state index contributed by atoms with van der Waals surface area (Å²) in [5.41, 5.74) is -0.139. The Morgan fingerprint density at radius 1 is 1.21 bits per heavy atom. The summed E-state index contributed by atoms with van der Waals surface area (Å²) in [7, 11) is 0. The summed E-state index contributed by atoms with van der Waals surface area (Å²) in [5.74, 6) is -0.252. The number of hydrogen-bond acceptors (Lipinski definition) is 3. The van der Waals surface area contributed by atoms with Crippen molar-refractivity contribution in [3.63, 3.8) is 0 Å². The second-order valence-corrected chi connectivity index (χ2v) is 7.50. The Bertz CT molecular complexity index is 751. The van der Waals surface area contributed by atoms with Crippen LogP contribution in [0.4, 0.5) is 13.2 Å². The molecule has 0 aliphatic rings. The predicted molar refractivity (Wildman–Crippen MR) is 88.4 cm³/mol. The third-order valence-electron chi connectivity index (χ3n) is 3.77. The van der Waals surface area contributed by atoms with E-state index in [1.165, 1.54) is 17.4 Å². The van der Waals surface area contributed by atoms with Crippen molar-refractivity contribution in [3.8, 4) is 0 Å². The zero-order chi connectivity index (χ0) is 18.1.